The van der Waals surface area contributed by atoms with Gasteiger partial charge in [0.15, 0.2) is 0 Å². The smallest absolute Gasteiger partial charge is 0.247 e. The standard InChI is InChI=1S/C24H22BrFN4O2/c1-15-22(16(2)30(28-15)19-6-4-3-5-7-19)23-24(32)27-12-13-29(23)21(31)11-8-17-14-18(25)9-10-20(17)26/h3-11,14,23H,12-13H2,1-2H3,(H,27,32). The molecule has 8 heteroatoms. The number of aromatic nitrogens is 2. The fourth-order valence-electron chi connectivity index (χ4n) is 3.96. The monoisotopic (exact) mass is 496 g/mol. The SMILES string of the molecule is Cc1nn(-c2ccccc2)c(C)c1C1C(=O)NCCN1C(=O)C=Cc1cc(Br)ccc1F. The normalized spacial score (nSPS) is 16.4. The molecule has 1 atom stereocenters. The van der Waals surface area contributed by atoms with Gasteiger partial charge in [-0.25, -0.2) is 9.07 Å². The Labute approximate surface area is 193 Å². The summed E-state index contributed by atoms with van der Waals surface area (Å²) in [5.41, 5.74) is 3.32. The Morgan fingerprint density at radius 2 is 1.97 bits per heavy atom. The molecule has 0 bridgehead atoms. The summed E-state index contributed by atoms with van der Waals surface area (Å²) >= 11 is 3.31. The molecule has 2 heterocycles. The predicted molar refractivity (Wildman–Crippen MR) is 124 cm³/mol. The second-order valence-electron chi connectivity index (χ2n) is 7.56. The fourth-order valence-corrected chi connectivity index (χ4v) is 4.34. The molecule has 0 aliphatic carbocycles. The van der Waals surface area contributed by atoms with Gasteiger partial charge in [-0.1, -0.05) is 34.1 Å². The molecule has 0 spiro atoms. The predicted octanol–water partition coefficient (Wildman–Crippen LogP) is 4.10. The van der Waals surface area contributed by atoms with Crippen molar-refractivity contribution in [2.45, 2.75) is 19.9 Å². The van der Waals surface area contributed by atoms with E-state index in [4.69, 9.17) is 0 Å². The third-order valence-corrected chi connectivity index (χ3v) is 5.97. The maximum Gasteiger partial charge on any atom is 0.247 e. The van der Waals surface area contributed by atoms with E-state index in [1.165, 1.54) is 23.1 Å². The third kappa shape index (κ3) is 4.23. The van der Waals surface area contributed by atoms with E-state index >= 15 is 0 Å². The number of aryl methyl sites for hydroxylation is 1. The van der Waals surface area contributed by atoms with Crippen molar-refractivity contribution in [3.8, 4) is 5.69 Å². The van der Waals surface area contributed by atoms with Gasteiger partial charge in [-0.15, -0.1) is 0 Å². The molecule has 6 nitrogen and oxygen atoms in total. The first kappa shape index (κ1) is 22.0. The highest BCUT2D eigenvalue weighted by Crippen LogP contribution is 2.30. The van der Waals surface area contributed by atoms with Crippen molar-refractivity contribution >= 4 is 33.8 Å². The third-order valence-electron chi connectivity index (χ3n) is 5.48. The van der Waals surface area contributed by atoms with Crippen LogP contribution in [-0.2, 0) is 9.59 Å². The Kier molecular flexibility index (Phi) is 6.23. The zero-order valence-electron chi connectivity index (χ0n) is 17.7. The molecule has 2 aromatic carbocycles. The Hall–Kier alpha value is -3.26. The van der Waals surface area contributed by atoms with Gasteiger partial charge in [0.2, 0.25) is 11.8 Å². The summed E-state index contributed by atoms with van der Waals surface area (Å²) in [6, 6.07) is 13.3. The van der Waals surface area contributed by atoms with Crippen LogP contribution in [-0.4, -0.2) is 39.6 Å². The molecule has 1 aliphatic rings. The molecule has 32 heavy (non-hydrogen) atoms. The lowest BCUT2D eigenvalue weighted by Gasteiger charge is -2.34. The average Bonchev–Trinajstić information content (AvgIpc) is 3.08. The number of para-hydroxylation sites is 1. The van der Waals surface area contributed by atoms with Crippen LogP contribution in [0.5, 0.6) is 0 Å². The molecule has 4 rings (SSSR count). The summed E-state index contributed by atoms with van der Waals surface area (Å²) in [7, 11) is 0. The highest BCUT2D eigenvalue weighted by molar-refractivity contribution is 9.10. The number of amides is 2. The largest absolute Gasteiger partial charge is 0.352 e. The number of nitrogens with zero attached hydrogens (tertiary/aromatic N) is 3. The molecular formula is C24H22BrFN4O2. The number of benzene rings is 2. The minimum atomic E-state index is -0.814. The van der Waals surface area contributed by atoms with Gasteiger partial charge in [0.1, 0.15) is 11.9 Å². The molecule has 1 N–H and O–H groups in total. The minimum absolute atomic E-state index is 0.259. The van der Waals surface area contributed by atoms with Gasteiger partial charge in [0.05, 0.1) is 11.4 Å². The molecule has 1 saturated heterocycles. The first-order valence-corrected chi connectivity index (χ1v) is 11.0. The van der Waals surface area contributed by atoms with Gasteiger partial charge in [-0.05, 0) is 50.3 Å². The van der Waals surface area contributed by atoms with E-state index < -0.39 is 11.9 Å². The number of rotatable bonds is 4. The van der Waals surface area contributed by atoms with Crippen molar-refractivity contribution in [3.63, 3.8) is 0 Å². The second kappa shape index (κ2) is 9.08. The van der Waals surface area contributed by atoms with E-state index in [0.717, 1.165) is 11.4 Å². The second-order valence-corrected chi connectivity index (χ2v) is 8.47. The van der Waals surface area contributed by atoms with Gasteiger partial charge in [0.25, 0.3) is 0 Å². The van der Waals surface area contributed by atoms with Crippen molar-refractivity contribution < 1.29 is 14.0 Å². The van der Waals surface area contributed by atoms with Crippen molar-refractivity contribution in [2.24, 2.45) is 0 Å². The maximum atomic E-state index is 14.1. The van der Waals surface area contributed by atoms with E-state index in [1.54, 1.807) is 16.8 Å². The summed E-state index contributed by atoms with van der Waals surface area (Å²) < 4.78 is 16.6. The van der Waals surface area contributed by atoms with Crippen molar-refractivity contribution in [1.29, 1.82) is 0 Å². The Bertz CT molecular complexity index is 1210. The molecule has 1 aliphatic heterocycles. The summed E-state index contributed by atoms with van der Waals surface area (Å²) in [4.78, 5) is 27.5. The minimum Gasteiger partial charge on any atom is -0.352 e. The summed E-state index contributed by atoms with van der Waals surface area (Å²) in [6.45, 7) is 4.42. The molecule has 1 fully saturated rings. The van der Waals surface area contributed by atoms with Crippen LogP contribution < -0.4 is 5.32 Å². The number of carbonyl (C=O) groups is 2. The topological polar surface area (TPSA) is 67.2 Å². The van der Waals surface area contributed by atoms with E-state index in [1.807, 2.05) is 44.2 Å². The first-order chi connectivity index (χ1) is 15.4. The number of halogens is 2. The molecule has 0 radical (unpaired) electrons. The average molecular weight is 497 g/mol. The number of piperazine rings is 1. The van der Waals surface area contributed by atoms with E-state index in [9.17, 15) is 14.0 Å². The maximum absolute atomic E-state index is 14.1. The number of hydrogen-bond donors (Lipinski definition) is 1. The Morgan fingerprint density at radius 3 is 2.72 bits per heavy atom. The van der Waals surface area contributed by atoms with E-state index in [-0.39, 0.29) is 17.4 Å². The Balaban J connectivity index is 1.69. The lowest BCUT2D eigenvalue weighted by Crippen LogP contribution is -2.52. The molecule has 0 saturated carbocycles. The van der Waals surface area contributed by atoms with Crippen LogP contribution in [0.2, 0.25) is 0 Å². The van der Waals surface area contributed by atoms with Crippen molar-refractivity contribution in [2.75, 3.05) is 13.1 Å². The number of nitrogens with one attached hydrogen (secondary N) is 1. The van der Waals surface area contributed by atoms with Gasteiger partial charge in [-0.2, -0.15) is 5.10 Å². The molecule has 1 aromatic heterocycles. The van der Waals surface area contributed by atoms with Crippen LogP contribution in [0.1, 0.15) is 28.6 Å². The first-order valence-electron chi connectivity index (χ1n) is 10.2. The van der Waals surface area contributed by atoms with Crippen LogP contribution in [0.3, 0.4) is 0 Å². The lowest BCUT2D eigenvalue weighted by molar-refractivity contribution is -0.140. The fraction of sp³-hybridized carbons (Fsp3) is 0.208. The lowest BCUT2D eigenvalue weighted by atomic mass is 10.00. The quantitative estimate of drug-likeness (QED) is 0.552. The van der Waals surface area contributed by atoms with Crippen LogP contribution in [0.15, 0.2) is 59.1 Å². The van der Waals surface area contributed by atoms with E-state index in [0.29, 0.717) is 28.8 Å². The zero-order valence-corrected chi connectivity index (χ0v) is 19.3. The van der Waals surface area contributed by atoms with E-state index in [2.05, 4.69) is 26.3 Å². The van der Waals surface area contributed by atoms with Crippen LogP contribution in [0.25, 0.3) is 11.8 Å². The molecule has 2 amide bonds. The zero-order chi connectivity index (χ0) is 22.8. The molecular weight excluding hydrogens is 475 g/mol. The van der Waals surface area contributed by atoms with Crippen LogP contribution in [0.4, 0.5) is 4.39 Å². The van der Waals surface area contributed by atoms with Gasteiger partial charge in [-0.3, -0.25) is 9.59 Å². The summed E-state index contributed by atoms with van der Waals surface area (Å²) in [6.07, 6.45) is 2.74. The number of hydrogen-bond acceptors (Lipinski definition) is 3. The highest BCUT2D eigenvalue weighted by Gasteiger charge is 2.37. The van der Waals surface area contributed by atoms with Crippen molar-refractivity contribution in [1.82, 2.24) is 20.0 Å². The van der Waals surface area contributed by atoms with Crippen LogP contribution in [0, 0.1) is 19.7 Å². The van der Waals surface area contributed by atoms with Gasteiger partial charge < -0.3 is 10.2 Å². The van der Waals surface area contributed by atoms with Gasteiger partial charge in [0, 0.05) is 40.5 Å². The Morgan fingerprint density at radius 1 is 1.22 bits per heavy atom. The number of carbonyl (C=O) groups excluding carboxylic acids is 2. The van der Waals surface area contributed by atoms with Crippen LogP contribution >= 0.6 is 15.9 Å². The summed E-state index contributed by atoms with van der Waals surface area (Å²) in [5, 5.41) is 7.47. The molecule has 1 unspecified atom stereocenters. The van der Waals surface area contributed by atoms with Gasteiger partial charge >= 0.3 is 0 Å². The summed E-state index contributed by atoms with van der Waals surface area (Å²) in [5.74, 6) is -1.05. The molecule has 164 valence electrons. The van der Waals surface area contributed by atoms with Crippen molar-refractivity contribution in [3.05, 3.63) is 87.4 Å². The highest BCUT2D eigenvalue weighted by atomic mass is 79.9. The molecule has 3 aromatic rings.